The first-order valence-electron chi connectivity index (χ1n) is 7.42. The molecule has 1 aromatic carbocycles. The molecule has 0 radical (unpaired) electrons. The molecule has 130 valence electrons. The van der Waals surface area contributed by atoms with Gasteiger partial charge in [-0.1, -0.05) is 0 Å². The van der Waals surface area contributed by atoms with Gasteiger partial charge >= 0.3 is 0 Å². The summed E-state index contributed by atoms with van der Waals surface area (Å²) in [5.41, 5.74) is 1.02. The topological polar surface area (TPSA) is 85.1 Å². The summed E-state index contributed by atoms with van der Waals surface area (Å²) in [4.78, 5) is 24.5. The smallest absolute Gasteiger partial charge is 0.295 e. The van der Waals surface area contributed by atoms with Crippen LogP contribution in [0.15, 0.2) is 35.8 Å². The first-order valence-corrected chi connectivity index (χ1v) is 8.30. The number of thiazole rings is 1. The van der Waals surface area contributed by atoms with E-state index in [0.29, 0.717) is 5.78 Å². The zero-order valence-electron chi connectivity index (χ0n) is 13.3. The number of hydrogen-bond donors (Lipinski definition) is 1. The number of halogens is 2. The number of carbonyl (C=O) groups excluding carboxylic acids is 1. The van der Waals surface area contributed by atoms with Gasteiger partial charge in [-0.05, 0) is 31.2 Å². The lowest BCUT2D eigenvalue weighted by Crippen LogP contribution is -2.13. The Kier molecular flexibility index (Phi) is 3.88. The van der Waals surface area contributed by atoms with Crippen molar-refractivity contribution in [2.45, 2.75) is 6.92 Å². The second kappa shape index (κ2) is 6.23. The molecule has 4 aromatic rings. The summed E-state index contributed by atoms with van der Waals surface area (Å²) in [5.74, 6) is -1.51. The number of fused-ring (bicyclic) bond motifs is 1. The minimum atomic E-state index is -0.599. The van der Waals surface area contributed by atoms with Crippen LogP contribution in [0.1, 0.15) is 16.3 Å². The van der Waals surface area contributed by atoms with Gasteiger partial charge in [0.2, 0.25) is 5.82 Å². The Balaban J connectivity index is 1.59. The lowest BCUT2D eigenvalue weighted by Gasteiger charge is -1.99. The molecule has 4 rings (SSSR count). The fourth-order valence-electron chi connectivity index (χ4n) is 2.30. The molecule has 0 unspecified atom stereocenters. The van der Waals surface area contributed by atoms with Crippen LogP contribution in [0.5, 0.6) is 0 Å². The van der Waals surface area contributed by atoms with Gasteiger partial charge in [-0.25, -0.2) is 23.3 Å². The molecule has 0 bridgehead atoms. The molecular weight excluding hydrogens is 362 g/mol. The second-order valence-corrected chi connectivity index (χ2v) is 6.21. The molecule has 0 aliphatic heterocycles. The number of aromatic nitrogens is 5. The Hall–Kier alpha value is -3.27. The van der Waals surface area contributed by atoms with E-state index in [4.69, 9.17) is 0 Å². The third-order valence-electron chi connectivity index (χ3n) is 3.56. The minimum Gasteiger partial charge on any atom is -0.295 e. The molecule has 3 heterocycles. The van der Waals surface area contributed by atoms with Crippen molar-refractivity contribution in [2.24, 2.45) is 0 Å². The number of carbonyl (C=O) groups is 1. The van der Waals surface area contributed by atoms with Gasteiger partial charge < -0.3 is 0 Å². The number of anilines is 1. The third-order valence-corrected chi connectivity index (χ3v) is 4.32. The number of amides is 1. The first-order chi connectivity index (χ1) is 12.5. The summed E-state index contributed by atoms with van der Waals surface area (Å²) in [7, 11) is 0. The van der Waals surface area contributed by atoms with Gasteiger partial charge in [0.1, 0.15) is 11.6 Å². The van der Waals surface area contributed by atoms with Gasteiger partial charge in [-0.3, -0.25) is 10.1 Å². The Morgan fingerprint density at radius 3 is 2.88 bits per heavy atom. The van der Waals surface area contributed by atoms with Crippen molar-refractivity contribution in [1.29, 1.82) is 0 Å². The summed E-state index contributed by atoms with van der Waals surface area (Å²) < 4.78 is 28.6. The maximum absolute atomic E-state index is 13.8. The molecule has 3 aromatic heterocycles. The molecular formula is C16H10F2N6OS. The highest BCUT2D eigenvalue weighted by Crippen LogP contribution is 2.27. The van der Waals surface area contributed by atoms with Gasteiger partial charge in [0.25, 0.3) is 11.7 Å². The van der Waals surface area contributed by atoms with Crippen LogP contribution in [0.4, 0.5) is 13.9 Å². The first kappa shape index (κ1) is 16.2. The fraction of sp³-hybridized carbons (Fsp3) is 0.0625. The number of benzene rings is 1. The minimum absolute atomic E-state index is 0.0208. The van der Waals surface area contributed by atoms with Gasteiger partial charge in [0.15, 0.2) is 5.13 Å². The third kappa shape index (κ3) is 2.90. The molecule has 0 spiro atoms. The zero-order valence-corrected chi connectivity index (χ0v) is 14.1. The molecule has 0 saturated carbocycles. The molecule has 0 fully saturated rings. The standard InChI is InChI=1S/C16H10F2N6OS/c1-8-4-5-19-15-21-13(23-24(8)15)14(25)22-16-20-12(7-26-16)10-6-9(17)2-3-11(10)18/h2-7H,1H3,(H,20,22,25). The number of nitrogens with zero attached hydrogens (tertiary/aromatic N) is 5. The molecule has 1 N–H and O–H groups in total. The second-order valence-electron chi connectivity index (χ2n) is 5.35. The summed E-state index contributed by atoms with van der Waals surface area (Å²) in [5, 5.41) is 8.39. The molecule has 0 aliphatic carbocycles. The number of hydrogen-bond acceptors (Lipinski definition) is 6. The SMILES string of the molecule is Cc1ccnc2nc(C(=O)Nc3nc(-c4cc(F)ccc4F)cs3)nn12. The van der Waals surface area contributed by atoms with E-state index in [9.17, 15) is 13.6 Å². The summed E-state index contributed by atoms with van der Waals surface area (Å²) in [6.07, 6.45) is 1.57. The lowest BCUT2D eigenvalue weighted by molar-refractivity contribution is 0.101. The highest BCUT2D eigenvalue weighted by Gasteiger charge is 2.17. The Morgan fingerprint density at radius 1 is 1.23 bits per heavy atom. The van der Waals surface area contributed by atoms with E-state index in [0.717, 1.165) is 35.2 Å². The Bertz CT molecular complexity index is 1140. The van der Waals surface area contributed by atoms with Gasteiger partial charge in [-0.2, -0.15) is 4.98 Å². The molecule has 0 saturated heterocycles. The summed E-state index contributed by atoms with van der Waals surface area (Å²) >= 11 is 1.08. The highest BCUT2D eigenvalue weighted by atomic mass is 32.1. The monoisotopic (exact) mass is 372 g/mol. The van der Waals surface area contributed by atoms with E-state index in [2.05, 4.69) is 25.4 Å². The maximum atomic E-state index is 13.8. The Labute approximate surface area is 149 Å². The number of aryl methyl sites for hydroxylation is 1. The van der Waals surface area contributed by atoms with Crippen LogP contribution in [0.3, 0.4) is 0 Å². The average Bonchev–Trinajstić information content (AvgIpc) is 3.25. The van der Waals surface area contributed by atoms with Crippen LogP contribution >= 0.6 is 11.3 Å². The average molecular weight is 372 g/mol. The van der Waals surface area contributed by atoms with Crippen molar-refractivity contribution < 1.29 is 13.6 Å². The van der Waals surface area contributed by atoms with Crippen LogP contribution in [0.25, 0.3) is 17.0 Å². The number of rotatable bonds is 3. The van der Waals surface area contributed by atoms with Crippen molar-refractivity contribution in [3.8, 4) is 11.3 Å². The number of nitrogens with one attached hydrogen (secondary N) is 1. The van der Waals surface area contributed by atoms with E-state index in [1.807, 2.05) is 6.92 Å². The fourth-order valence-corrected chi connectivity index (χ4v) is 3.01. The van der Waals surface area contributed by atoms with Crippen LogP contribution < -0.4 is 5.32 Å². The lowest BCUT2D eigenvalue weighted by atomic mass is 10.1. The highest BCUT2D eigenvalue weighted by molar-refractivity contribution is 7.14. The van der Waals surface area contributed by atoms with Crippen molar-refractivity contribution >= 4 is 28.2 Å². The van der Waals surface area contributed by atoms with E-state index in [1.54, 1.807) is 12.3 Å². The van der Waals surface area contributed by atoms with Crippen LogP contribution in [0, 0.1) is 18.6 Å². The van der Waals surface area contributed by atoms with E-state index in [1.165, 1.54) is 9.90 Å². The van der Waals surface area contributed by atoms with E-state index in [-0.39, 0.29) is 22.2 Å². The molecule has 0 aliphatic rings. The maximum Gasteiger partial charge on any atom is 0.297 e. The molecule has 1 amide bonds. The molecule has 0 atom stereocenters. The molecule has 10 heteroatoms. The van der Waals surface area contributed by atoms with Crippen molar-refractivity contribution in [3.63, 3.8) is 0 Å². The van der Waals surface area contributed by atoms with Gasteiger partial charge in [0.05, 0.1) is 5.69 Å². The largest absolute Gasteiger partial charge is 0.297 e. The van der Waals surface area contributed by atoms with Crippen molar-refractivity contribution in [3.05, 3.63) is 59.0 Å². The van der Waals surface area contributed by atoms with Crippen LogP contribution in [0.2, 0.25) is 0 Å². The van der Waals surface area contributed by atoms with Gasteiger partial charge in [-0.15, -0.1) is 16.4 Å². The van der Waals surface area contributed by atoms with E-state index < -0.39 is 17.5 Å². The quantitative estimate of drug-likeness (QED) is 0.597. The molecule has 7 nitrogen and oxygen atoms in total. The predicted molar refractivity (Wildman–Crippen MR) is 90.9 cm³/mol. The van der Waals surface area contributed by atoms with Crippen LogP contribution in [-0.2, 0) is 0 Å². The van der Waals surface area contributed by atoms with Gasteiger partial charge in [0, 0.05) is 22.8 Å². The van der Waals surface area contributed by atoms with E-state index >= 15 is 0 Å². The normalized spacial score (nSPS) is 11.0. The molecule has 26 heavy (non-hydrogen) atoms. The summed E-state index contributed by atoms with van der Waals surface area (Å²) in [6.45, 7) is 1.81. The van der Waals surface area contributed by atoms with Crippen molar-refractivity contribution in [2.75, 3.05) is 5.32 Å². The summed E-state index contributed by atoms with van der Waals surface area (Å²) in [6, 6.07) is 4.84. The predicted octanol–water partition coefficient (Wildman–Crippen LogP) is 3.09. The van der Waals surface area contributed by atoms with Crippen molar-refractivity contribution in [1.82, 2.24) is 24.6 Å². The van der Waals surface area contributed by atoms with Crippen LogP contribution in [-0.4, -0.2) is 30.5 Å². The zero-order chi connectivity index (χ0) is 18.3. The Morgan fingerprint density at radius 2 is 2.08 bits per heavy atom.